The standard InChI is InChI=1S/C26H29N7O/c1-17-14-29-25(30-20-9-11-21(12-10-20)31-26(34)27-2)32-24(17)22-15-28-23-13-8-19(16-33(22)23)18-6-4-3-5-7-18/h3-8,13-16,20-21H,9-12H2,1-2H3,(H2,27,31,34)(H,29,30,32)/t20-,21-. The lowest BCUT2D eigenvalue weighted by atomic mass is 9.91. The molecule has 0 saturated heterocycles. The molecular weight excluding hydrogens is 426 g/mol. The second-order valence-corrected chi connectivity index (χ2v) is 8.80. The predicted molar refractivity (Wildman–Crippen MR) is 134 cm³/mol. The zero-order valence-electron chi connectivity index (χ0n) is 19.5. The Hall–Kier alpha value is -3.94. The van der Waals surface area contributed by atoms with Crippen molar-refractivity contribution in [2.45, 2.75) is 44.7 Å². The molecule has 1 aliphatic rings. The molecular formula is C26H29N7O. The van der Waals surface area contributed by atoms with Gasteiger partial charge in [-0.2, -0.15) is 0 Å². The second-order valence-electron chi connectivity index (χ2n) is 8.80. The van der Waals surface area contributed by atoms with Gasteiger partial charge in [0.2, 0.25) is 5.95 Å². The first kappa shape index (κ1) is 21.9. The summed E-state index contributed by atoms with van der Waals surface area (Å²) >= 11 is 0. The summed E-state index contributed by atoms with van der Waals surface area (Å²) in [6, 6.07) is 14.8. The Kier molecular flexibility index (Phi) is 6.12. The number of pyridine rings is 1. The molecule has 0 aliphatic heterocycles. The van der Waals surface area contributed by atoms with Crippen molar-refractivity contribution in [3.63, 3.8) is 0 Å². The number of nitrogens with one attached hydrogen (secondary N) is 3. The van der Waals surface area contributed by atoms with Crippen LogP contribution in [-0.2, 0) is 0 Å². The number of anilines is 1. The molecule has 0 spiro atoms. The number of benzene rings is 1. The first-order valence-electron chi connectivity index (χ1n) is 11.7. The van der Waals surface area contributed by atoms with Crippen LogP contribution in [0.2, 0.25) is 0 Å². The van der Waals surface area contributed by atoms with E-state index in [2.05, 4.69) is 54.7 Å². The van der Waals surface area contributed by atoms with Crippen molar-refractivity contribution in [2.75, 3.05) is 12.4 Å². The van der Waals surface area contributed by atoms with Crippen molar-refractivity contribution in [1.29, 1.82) is 0 Å². The van der Waals surface area contributed by atoms with Crippen LogP contribution in [0, 0.1) is 6.92 Å². The van der Waals surface area contributed by atoms with Crippen LogP contribution in [0.4, 0.5) is 10.7 Å². The summed E-state index contributed by atoms with van der Waals surface area (Å²) in [6.07, 6.45) is 9.62. The van der Waals surface area contributed by atoms with Crippen molar-refractivity contribution in [3.8, 4) is 22.5 Å². The molecule has 8 nitrogen and oxygen atoms in total. The highest BCUT2D eigenvalue weighted by Gasteiger charge is 2.23. The zero-order valence-corrected chi connectivity index (χ0v) is 19.5. The van der Waals surface area contributed by atoms with Gasteiger partial charge in [0.05, 0.1) is 17.6 Å². The normalized spacial score (nSPS) is 17.9. The van der Waals surface area contributed by atoms with Gasteiger partial charge in [-0.25, -0.2) is 19.7 Å². The second kappa shape index (κ2) is 9.51. The van der Waals surface area contributed by atoms with Crippen LogP contribution in [0.1, 0.15) is 31.2 Å². The van der Waals surface area contributed by atoms with Gasteiger partial charge in [-0.3, -0.25) is 4.40 Å². The van der Waals surface area contributed by atoms with E-state index in [0.717, 1.165) is 59.4 Å². The average Bonchev–Trinajstić information content (AvgIpc) is 3.30. The Labute approximate surface area is 198 Å². The van der Waals surface area contributed by atoms with Crippen LogP contribution in [-0.4, -0.2) is 44.5 Å². The highest BCUT2D eigenvalue weighted by Crippen LogP contribution is 2.27. The molecule has 0 unspecified atom stereocenters. The Morgan fingerprint density at radius 1 is 0.941 bits per heavy atom. The van der Waals surface area contributed by atoms with Gasteiger partial charge in [0, 0.05) is 31.5 Å². The fourth-order valence-electron chi connectivity index (χ4n) is 4.55. The minimum Gasteiger partial charge on any atom is -0.351 e. The summed E-state index contributed by atoms with van der Waals surface area (Å²) in [5.74, 6) is 0.623. The maximum absolute atomic E-state index is 11.6. The third kappa shape index (κ3) is 4.57. The molecule has 34 heavy (non-hydrogen) atoms. The third-order valence-corrected chi connectivity index (χ3v) is 6.45. The lowest BCUT2D eigenvalue weighted by molar-refractivity contribution is 0.234. The smallest absolute Gasteiger partial charge is 0.314 e. The maximum Gasteiger partial charge on any atom is 0.314 e. The van der Waals surface area contributed by atoms with E-state index in [0.29, 0.717) is 5.95 Å². The van der Waals surface area contributed by atoms with Crippen LogP contribution in [0.15, 0.2) is 61.1 Å². The molecule has 1 saturated carbocycles. The van der Waals surface area contributed by atoms with Gasteiger partial charge in [0.25, 0.3) is 0 Å². The summed E-state index contributed by atoms with van der Waals surface area (Å²) in [5.41, 5.74) is 5.96. The quantitative estimate of drug-likeness (QED) is 0.414. The van der Waals surface area contributed by atoms with Gasteiger partial charge in [-0.15, -0.1) is 0 Å². The van der Waals surface area contributed by atoms with Crippen molar-refractivity contribution in [3.05, 3.63) is 66.6 Å². The van der Waals surface area contributed by atoms with Crippen molar-refractivity contribution < 1.29 is 4.79 Å². The fourth-order valence-corrected chi connectivity index (χ4v) is 4.55. The number of imidazole rings is 1. The molecule has 4 aromatic rings. The number of fused-ring (bicyclic) bond motifs is 1. The number of rotatable bonds is 5. The maximum atomic E-state index is 11.6. The van der Waals surface area contributed by atoms with E-state index in [1.165, 1.54) is 0 Å². The minimum atomic E-state index is -0.119. The molecule has 5 rings (SSSR count). The van der Waals surface area contributed by atoms with Gasteiger partial charge in [0.15, 0.2) is 0 Å². The van der Waals surface area contributed by atoms with Gasteiger partial charge < -0.3 is 16.0 Å². The van der Waals surface area contributed by atoms with Crippen LogP contribution in [0.5, 0.6) is 0 Å². The average molecular weight is 456 g/mol. The Balaban J connectivity index is 1.37. The van der Waals surface area contributed by atoms with E-state index in [1.807, 2.05) is 43.6 Å². The summed E-state index contributed by atoms with van der Waals surface area (Å²) in [5, 5.41) is 9.13. The number of carbonyl (C=O) groups excluding carboxylic acids is 1. The van der Waals surface area contributed by atoms with Crippen LogP contribution >= 0.6 is 0 Å². The monoisotopic (exact) mass is 455 g/mol. The van der Waals surface area contributed by atoms with Crippen molar-refractivity contribution >= 4 is 17.6 Å². The first-order valence-corrected chi connectivity index (χ1v) is 11.7. The zero-order chi connectivity index (χ0) is 23.5. The molecule has 1 aromatic carbocycles. The van der Waals surface area contributed by atoms with E-state index in [9.17, 15) is 4.79 Å². The number of hydrogen-bond donors (Lipinski definition) is 3. The van der Waals surface area contributed by atoms with Crippen molar-refractivity contribution in [2.24, 2.45) is 0 Å². The Morgan fingerprint density at radius 2 is 1.71 bits per heavy atom. The number of aryl methyl sites for hydroxylation is 1. The van der Waals surface area contributed by atoms with E-state index >= 15 is 0 Å². The molecule has 174 valence electrons. The fraction of sp³-hybridized carbons (Fsp3) is 0.308. The molecule has 1 fully saturated rings. The van der Waals surface area contributed by atoms with Crippen LogP contribution < -0.4 is 16.0 Å². The minimum absolute atomic E-state index is 0.119. The number of carbonyl (C=O) groups is 1. The largest absolute Gasteiger partial charge is 0.351 e. The highest BCUT2D eigenvalue weighted by atomic mass is 16.2. The van der Waals surface area contributed by atoms with E-state index < -0.39 is 0 Å². The number of hydrogen-bond acceptors (Lipinski definition) is 5. The predicted octanol–water partition coefficient (Wildman–Crippen LogP) is 4.42. The van der Waals surface area contributed by atoms with E-state index in [1.54, 1.807) is 7.05 Å². The number of amides is 2. The number of aromatic nitrogens is 4. The van der Waals surface area contributed by atoms with Gasteiger partial charge in [-0.05, 0) is 61.4 Å². The molecule has 8 heteroatoms. The molecule has 0 bridgehead atoms. The molecule has 3 aromatic heterocycles. The third-order valence-electron chi connectivity index (χ3n) is 6.45. The highest BCUT2D eigenvalue weighted by molar-refractivity contribution is 5.73. The summed E-state index contributed by atoms with van der Waals surface area (Å²) in [7, 11) is 1.64. The van der Waals surface area contributed by atoms with E-state index in [-0.39, 0.29) is 18.1 Å². The summed E-state index contributed by atoms with van der Waals surface area (Å²) in [4.78, 5) is 25.6. The molecule has 3 heterocycles. The van der Waals surface area contributed by atoms with Gasteiger partial charge in [0.1, 0.15) is 5.65 Å². The SMILES string of the molecule is CNC(=O)N[C@H]1CC[C@H](Nc2ncc(C)c(-c3cnc4ccc(-c5ccccc5)cn34)n2)CC1. The van der Waals surface area contributed by atoms with Crippen molar-refractivity contribution in [1.82, 2.24) is 30.0 Å². The topological polar surface area (TPSA) is 96.2 Å². The van der Waals surface area contributed by atoms with E-state index in [4.69, 9.17) is 4.98 Å². The van der Waals surface area contributed by atoms with Gasteiger partial charge in [-0.1, -0.05) is 30.3 Å². The molecule has 3 N–H and O–H groups in total. The molecule has 0 atom stereocenters. The molecule has 2 amide bonds. The van der Waals surface area contributed by atoms with Crippen LogP contribution in [0.25, 0.3) is 28.2 Å². The first-order chi connectivity index (χ1) is 16.6. The van der Waals surface area contributed by atoms with Crippen LogP contribution in [0.3, 0.4) is 0 Å². The summed E-state index contributed by atoms with van der Waals surface area (Å²) < 4.78 is 2.09. The molecule has 1 aliphatic carbocycles. The Bertz CT molecular complexity index is 1290. The number of urea groups is 1. The Morgan fingerprint density at radius 3 is 2.47 bits per heavy atom. The molecule has 0 radical (unpaired) electrons. The van der Waals surface area contributed by atoms with Gasteiger partial charge >= 0.3 is 6.03 Å². The number of nitrogens with zero attached hydrogens (tertiary/aromatic N) is 4. The lowest BCUT2D eigenvalue weighted by Gasteiger charge is -2.29. The summed E-state index contributed by atoms with van der Waals surface area (Å²) in [6.45, 7) is 2.02. The lowest BCUT2D eigenvalue weighted by Crippen LogP contribution is -2.43.